The lowest BCUT2D eigenvalue weighted by atomic mass is 10.3. The molecule has 2 aromatic rings. The number of methoxy groups -OCH3 is 1. The van der Waals surface area contributed by atoms with Crippen LogP contribution in [0.3, 0.4) is 0 Å². The summed E-state index contributed by atoms with van der Waals surface area (Å²) in [6.07, 6.45) is 0.595. The Morgan fingerprint density at radius 2 is 2.14 bits per heavy atom. The Hall–Kier alpha value is -1.64. The topological polar surface area (TPSA) is 85.5 Å². The van der Waals surface area contributed by atoms with Gasteiger partial charge in [0.05, 0.1) is 23.6 Å². The third-order valence-electron chi connectivity index (χ3n) is 3.01. The van der Waals surface area contributed by atoms with Gasteiger partial charge in [-0.15, -0.1) is 0 Å². The SMILES string of the molecule is CCc1nc(CN(C)S(=O)(=O)c2ccc(OC)c(Cl)c2)no1. The molecule has 0 atom stereocenters. The predicted octanol–water partition coefficient (Wildman–Crippen LogP) is 2.11. The van der Waals surface area contributed by atoms with Gasteiger partial charge < -0.3 is 9.26 Å². The fourth-order valence-corrected chi connectivity index (χ4v) is 3.24. The second kappa shape index (κ2) is 6.64. The Morgan fingerprint density at radius 3 is 2.68 bits per heavy atom. The van der Waals surface area contributed by atoms with Crippen molar-refractivity contribution in [1.29, 1.82) is 0 Å². The molecule has 0 amide bonds. The maximum absolute atomic E-state index is 12.5. The molecule has 1 heterocycles. The summed E-state index contributed by atoms with van der Waals surface area (Å²) in [6.45, 7) is 1.88. The largest absolute Gasteiger partial charge is 0.495 e. The minimum absolute atomic E-state index is 0.00941. The number of aryl methyl sites for hydroxylation is 1. The van der Waals surface area contributed by atoms with E-state index in [0.29, 0.717) is 23.9 Å². The molecule has 0 saturated heterocycles. The van der Waals surface area contributed by atoms with E-state index in [1.165, 1.54) is 32.4 Å². The summed E-state index contributed by atoms with van der Waals surface area (Å²) in [4.78, 5) is 4.16. The Labute approximate surface area is 133 Å². The van der Waals surface area contributed by atoms with E-state index in [1.54, 1.807) is 0 Å². The number of aromatic nitrogens is 2. The van der Waals surface area contributed by atoms with Crippen molar-refractivity contribution in [2.45, 2.75) is 24.8 Å². The van der Waals surface area contributed by atoms with Gasteiger partial charge in [0, 0.05) is 13.5 Å². The van der Waals surface area contributed by atoms with Gasteiger partial charge >= 0.3 is 0 Å². The van der Waals surface area contributed by atoms with Gasteiger partial charge in [0.2, 0.25) is 15.9 Å². The van der Waals surface area contributed by atoms with Crippen LogP contribution in [0.25, 0.3) is 0 Å². The van der Waals surface area contributed by atoms with Crippen LogP contribution >= 0.6 is 11.6 Å². The fourth-order valence-electron chi connectivity index (χ4n) is 1.77. The molecular formula is C13H16ClN3O4S. The normalized spacial score (nSPS) is 11.9. The molecule has 9 heteroatoms. The van der Waals surface area contributed by atoms with Gasteiger partial charge in [-0.3, -0.25) is 0 Å². The van der Waals surface area contributed by atoms with E-state index in [9.17, 15) is 8.42 Å². The zero-order valence-electron chi connectivity index (χ0n) is 12.4. The number of sulfonamides is 1. The first kappa shape index (κ1) is 16.7. The van der Waals surface area contributed by atoms with Crippen LogP contribution in [0.5, 0.6) is 5.75 Å². The van der Waals surface area contributed by atoms with Crippen LogP contribution in [-0.4, -0.2) is 37.0 Å². The van der Waals surface area contributed by atoms with Crippen LogP contribution in [0.15, 0.2) is 27.6 Å². The summed E-state index contributed by atoms with van der Waals surface area (Å²) < 4.78 is 36.1. The quantitative estimate of drug-likeness (QED) is 0.797. The average Bonchev–Trinajstić information content (AvgIpc) is 2.94. The minimum Gasteiger partial charge on any atom is -0.495 e. The lowest BCUT2D eigenvalue weighted by Gasteiger charge is -2.16. The fraction of sp³-hybridized carbons (Fsp3) is 0.385. The predicted molar refractivity (Wildman–Crippen MR) is 80.3 cm³/mol. The Bertz CT molecular complexity index is 760. The molecule has 0 unspecified atom stereocenters. The average molecular weight is 346 g/mol. The maximum atomic E-state index is 12.5. The second-order valence-electron chi connectivity index (χ2n) is 4.52. The summed E-state index contributed by atoms with van der Waals surface area (Å²) >= 11 is 5.97. The van der Waals surface area contributed by atoms with Crippen LogP contribution in [0.1, 0.15) is 18.6 Å². The monoisotopic (exact) mass is 345 g/mol. The molecule has 0 saturated carbocycles. The van der Waals surface area contributed by atoms with Crippen LogP contribution in [0, 0.1) is 0 Å². The summed E-state index contributed by atoms with van der Waals surface area (Å²) in [6, 6.07) is 4.29. The van der Waals surface area contributed by atoms with E-state index < -0.39 is 10.0 Å². The van der Waals surface area contributed by atoms with Crippen molar-refractivity contribution in [2.24, 2.45) is 0 Å². The molecule has 0 N–H and O–H groups in total. The second-order valence-corrected chi connectivity index (χ2v) is 6.97. The van der Waals surface area contributed by atoms with Crippen molar-refractivity contribution in [1.82, 2.24) is 14.4 Å². The maximum Gasteiger partial charge on any atom is 0.243 e. The smallest absolute Gasteiger partial charge is 0.243 e. The number of halogens is 1. The van der Waals surface area contributed by atoms with E-state index >= 15 is 0 Å². The van der Waals surface area contributed by atoms with E-state index in [1.807, 2.05) is 6.92 Å². The summed E-state index contributed by atoms with van der Waals surface area (Å²) in [5.41, 5.74) is 0. The van der Waals surface area contributed by atoms with Crippen molar-refractivity contribution in [2.75, 3.05) is 14.2 Å². The third kappa shape index (κ3) is 3.40. The molecule has 7 nitrogen and oxygen atoms in total. The molecule has 120 valence electrons. The highest BCUT2D eigenvalue weighted by Gasteiger charge is 2.23. The molecule has 0 aliphatic heterocycles. The number of ether oxygens (including phenoxy) is 1. The van der Waals surface area contributed by atoms with Gasteiger partial charge in [0.25, 0.3) is 0 Å². The molecule has 0 bridgehead atoms. The lowest BCUT2D eigenvalue weighted by molar-refractivity contribution is 0.368. The van der Waals surface area contributed by atoms with Gasteiger partial charge in [-0.25, -0.2) is 8.42 Å². The third-order valence-corrected chi connectivity index (χ3v) is 5.10. The van der Waals surface area contributed by atoms with Crippen LogP contribution in [0.2, 0.25) is 5.02 Å². The Kier molecular flexibility index (Phi) is 5.05. The zero-order valence-corrected chi connectivity index (χ0v) is 14.0. The first-order valence-electron chi connectivity index (χ1n) is 6.49. The lowest BCUT2D eigenvalue weighted by Crippen LogP contribution is -2.27. The van der Waals surface area contributed by atoms with Crippen molar-refractivity contribution >= 4 is 21.6 Å². The number of hydrogen-bond acceptors (Lipinski definition) is 6. The number of rotatable bonds is 6. The van der Waals surface area contributed by atoms with Crippen LogP contribution in [0.4, 0.5) is 0 Å². The van der Waals surface area contributed by atoms with E-state index in [2.05, 4.69) is 10.1 Å². The van der Waals surface area contributed by atoms with E-state index in [0.717, 1.165) is 4.31 Å². The first-order valence-corrected chi connectivity index (χ1v) is 8.31. The number of nitrogens with zero attached hydrogens (tertiary/aromatic N) is 3. The summed E-state index contributed by atoms with van der Waals surface area (Å²) in [7, 11) is -0.809. The Balaban J connectivity index is 2.23. The molecule has 1 aromatic heterocycles. The van der Waals surface area contributed by atoms with E-state index in [-0.39, 0.29) is 16.5 Å². The minimum atomic E-state index is -3.71. The molecule has 22 heavy (non-hydrogen) atoms. The van der Waals surface area contributed by atoms with Crippen LogP contribution in [-0.2, 0) is 23.0 Å². The molecule has 2 rings (SSSR count). The highest BCUT2D eigenvalue weighted by Crippen LogP contribution is 2.28. The summed E-state index contributed by atoms with van der Waals surface area (Å²) in [5.74, 6) is 1.19. The molecule has 0 radical (unpaired) electrons. The molecule has 1 aromatic carbocycles. The van der Waals surface area contributed by atoms with Gasteiger partial charge in [0.15, 0.2) is 5.82 Å². The molecule has 0 fully saturated rings. The van der Waals surface area contributed by atoms with Crippen molar-refractivity contribution in [3.05, 3.63) is 34.9 Å². The Morgan fingerprint density at radius 1 is 1.41 bits per heavy atom. The number of benzene rings is 1. The van der Waals surface area contributed by atoms with E-state index in [4.69, 9.17) is 20.9 Å². The molecule has 0 spiro atoms. The first-order chi connectivity index (χ1) is 10.4. The highest BCUT2D eigenvalue weighted by molar-refractivity contribution is 7.89. The highest BCUT2D eigenvalue weighted by atomic mass is 35.5. The van der Waals surface area contributed by atoms with Gasteiger partial charge in [-0.05, 0) is 18.2 Å². The number of hydrogen-bond donors (Lipinski definition) is 0. The summed E-state index contributed by atoms with van der Waals surface area (Å²) in [5, 5.41) is 3.97. The van der Waals surface area contributed by atoms with Gasteiger partial charge in [-0.1, -0.05) is 23.7 Å². The molecule has 0 aliphatic carbocycles. The van der Waals surface area contributed by atoms with Crippen molar-refractivity contribution in [3.8, 4) is 5.75 Å². The van der Waals surface area contributed by atoms with Crippen LogP contribution < -0.4 is 4.74 Å². The molecule has 0 aliphatic rings. The van der Waals surface area contributed by atoms with Gasteiger partial charge in [0.1, 0.15) is 5.75 Å². The standard InChI is InChI=1S/C13H16ClN3O4S/c1-4-13-15-12(16-21-13)8-17(2)22(18,19)9-5-6-11(20-3)10(14)7-9/h5-7H,4,8H2,1-3H3. The molecular weight excluding hydrogens is 330 g/mol. The van der Waals surface area contributed by atoms with Crippen molar-refractivity contribution < 1.29 is 17.7 Å². The van der Waals surface area contributed by atoms with Gasteiger partial charge in [-0.2, -0.15) is 9.29 Å². The zero-order chi connectivity index (χ0) is 16.3. The van der Waals surface area contributed by atoms with Crippen molar-refractivity contribution in [3.63, 3.8) is 0 Å².